The summed E-state index contributed by atoms with van der Waals surface area (Å²) in [6.45, 7) is 4.02. The van der Waals surface area contributed by atoms with E-state index in [2.05, 4.69) is 48.9 Å². The van der Waals surface area contributed by atoms with Crippen molar-refractivity contribution >= 4 is 11.6 Å². The van der Waals surface area contributed by atoms with Crippen molar-refractivity contribution < 1.29 is 0 Å². The molecule has 1 atom stereocenters. The summed E-state index contributed by atoms with van der Waals surface area (Å²) in [6.07, 6.45) is 8.09. The zero-order valence-electron chi connectivity index (χ0n) is 15.3. The maximum atomic E-state index is 4.50. The second-order valence-electron chi connectivity index (χ2n) is 6.89. The number of hydrogen-bond acceptors (Lipinski definition) is 5. The van der Waals surface area contributed by atoms with Crippen LogP contribution in [-0.2, 0) is 13.6 Å². The average molecular weight is 348 g/mol. The van der Waals surface area contributed by atoms with E-state index < -0.39 is 0 Å². The van der Waals surface area contributed by atoms with E-state index in [4.69, 9.17) is 0 Å². The van der Waals surface area contributed by atoms with Gasteiger partial charge in [0.25, 0.3) is 0 Å². The molecular weight excluding hydrogens is 324 g/mol. The molecule has 0 aliphatic carbocycles. The number of likely N-dealkylation sites (tertiary alicyclic amines) is 1. The molecule has 1 aliphatic rings. The SMILES string of the molecule is Cc1cccc(Nc2cc(C3CCCN3Cc3cncn3C)ccn2)n1. The second-order valence-corrected chi connectivity index (χ2v) is 6.89. The third kappa shape index (κ3) is 3.60. The maximum Gasteiger partial charge on any atom is 0.131 e. The molecule has 0 amide bonds. The van der Waals surface area contributed by atoms with Crippen LogP contribution in [0.15, 0.2) is 49.1 Å². The Labute approximate surface area is 153 Å². The molecule has 0 spiro atoms. The van der Waals surface area contributed by atoms with Crippen LogP contribution in [0.25, 0.3) is 0 Å². The molecule has 6 heteroatoms. The van der Waals surface area contributed by atoms with E-state index >= 15 is 0 Å². The Bertz CT molecular complexity index is 887. The highest BCUT2D eigenvalue weighted by Crippen LogP contribution is 2.33. The fraction of sp³-hybridized carbons (Fsp3) is 0.350. The predicted octanol–water partition coefficient (Wildman–Crippen LogP) is 3.60. The van der Waals surface area contributed by atoms with Crippen molar-refractivity contribution in [3.8, 4) is 0 Å². The molecule has 1 unspecified atom stereocenters. The largest absolute Gasteiger partial charge is 0.337 e. The smallest absolute Gasteiger partial charge is 0.131 e. The molecular formula is C20H24N6. The fourth-order valence-electron chi connectivity index (χ4n) is 3.60. The summed E-state index contributed by atoms with van der Waals surface area (Å²) in [7, 11) is 2.05. The van der Waals surface area contributed by atoms with Crippen LogP contribution in [0.2, 0.25) is 0 Å². The summed E-state index contributed by atoms with van der Waals surface area (Å²) >= 11 is 0. The lowest BCUT2D eigenvalue weighted by Crippen LogP contribution is -2.24. The topological polar surface area (TPSA) is 58.9 Å². The van der Waals surface area contributed by atoms with Gasteiger partial charge in [-0.3, -0.25) is 4.90 Å². The lowest BCUT2D eigenvalue weighted by atomic mass is 10.1. The standard InChI is InChI=1S/C20H24N6/c1-15-5-3-7-19(23-15)24-20-11-16(8-9-22-20)18-6-4-10-26(18)13-17-12-21-14-25(17)2/h3,5,7-9,11-12,14,18H,4,6,10,13H2,1-2H3,(H,22,23,24). The van der Waals surface area contributed by atoms with Crippen molar-refractivity contribution in [2.75, 3.05) is 11.9 Å². The highest BCUT2D eigenvalue weighted by Gasteiger charge is 2.26. The Balaban J connectivity index is 1.52. The Morgan fingerprint density at radius 2 is 2.15 bits per heavy atom. The zero-order chi connectivity index (χ0) is 17.9. The van der Waals surface area contributed by atoms with Gasteiger partial charge in [-0.15, -0.1) is 0 Å². The highest BCUT2D eigenvalue weighted by molar-refractivity contribution is 5.52. The minimum absolute atomic E-state index is 0.416. The number of aromatic nitrogens is 4. The molecule has 134 valence electrons. The number of pyridine rings is 2. The molecule has 26 heavy (non-hydrogen) atoms. The molecule has 1 aliphatic heterocycles. The van der Waals surface area contributed by atoms with Gasteiger partial charge in [0.15, 0.2) is 0 Å². The normalized spacial score (nSPS) is 17.5. The molecule has 0 bridgehead atoms. The van der Waals surface area contributed by atoms with E-state index in [9.17, 15) is 0 Å². The third-order valence-electron chi connectivity index (χ3n) is 4.96. The molecule has 1 saturated heterocycles. The summed E-state index contributed by atoms with van der Waals surface area (Å²) in [6, 6.07) is 10.6. The van der Waals surface area contributed by atoms with Crippen LogP contribution in [-0.4, -0.2) is 31.0 Å². The molecule has 4 rings (SSSR count). The van der Waals surface area contributed by atoms with Crippen LogP contribution in [0.4, 0.5) is 11.6 Å². The van der Waals surface area contributed by atoms with Crippen molar-refractivity contribution in [2.24, 2.45) is 7.05 Å². The van der Waals surface area contributed by atoms with E-state index in [1.807, 2.05) is 43.8 Å². The first-order chi connectivity index (χ1) is 12.7. The van der Waals surface area contributed by atoms with Crippen molar-refractivity contribution in [3.05, 3.63) is 66.0 Å². The number of rotatable bonds is 5. The summed E-state index contributed by atoms with van der Waals surface area (Å²) < 4.78 is 2.10. The summed E-state index contributed by atoms with van der Waals surface area (Å²) in [5, 5.41) is 3.32. The van der Waals surface area contributed by atoms with Gasteiger partial charge in [0.05, 0.1) is 12.0 Å². The molecule has 0 aromatic carbocycles. The van der Waals surface area contributed by atoms with Crippen LogP contribution in [0.1, 0.15) is 35.8 Å². The van der Waals surface area contributed by atoms with E-state index in [0.29, 0.717) is 6.04 Å². The van der Waals surface area contributed by atoms with Gasteiger partial charge in [0, 0.05) is 37.7 Å². The first-order valence-electron chi connectivity index (χ1n) is 9.05. The predicted molar refractivity (Wildman–Crippen MR) is 102 cm³/mol. The van der Waals surface area contributed by atoms with Crippen LogP contribution in [0.3, 0.4) is 0 Å². The Morgan fingerprint density at radius 1 is 1.23 bits per heavy atom. The van der Waals surface area contributed by atoms with Crippen molar-refractivity contribution in [1.82, 2.24) is 24.4 Å². The molecule has 3 aromatic rings. The van der Waals surface area contributed by atoms with E-state index in [1.54, 1.807) is 0 Å². The van der Waals surface area contributed by atoms with Gasteiger partial charge >= 0.3 is 0 Å². The monoisotopic (exact) mass is 348 g/mol. The lowest BCUT2D eigenvalue weighted by molar-refractivity contribution is 0.243. The van der Waals surface area contributed by atoms with Gasteiger partial charge in [0.1, 0.15) is 11.6 Å². The minimum atomic E-state index is 0.416. The number of hydrogen-bond donors (Lipinski definition) is 1. The molecule has 1 fully saturated rings. The maximum absolute atomic E-state index is 4.50. The van der Waals surface area contributed by atoms with Crippen LogP contribution in [0.5, 0.6) is 0 Å². The van der Waals surface area contributed by atoms with Crippen molar-refractivity contribution in [3.63, 3.8) is 0 Å². The number of nitrogens with zero attached hydrogens (tertiary/aromatic N) is 5. The van der Waals surface area contributed by atoms with E-state index in [-0.39, 0.29) is 0 Å². The lowest BCUT2D eigenvalue weighted by Gasteiger charge is -2.25. The van der Waals surface area contributed by atoms with Gasteiger partial charge in [-0.1, -0.05) is 6.07 Å². The van der Waals surface area contributed by atoms with Gasteiger partial charge in [0.2, 0.25) is 0 Å². The number of aryl methyl sites for hydroxylation is 2. The minimum Gasteiger partial charge on any atom is -0.337 e. The fourth-order valence-corrected chi connectivity index (χ4v) is 3.60. The number of imidazole rings is 1. The quantitative estimate of drug-likeness (QED) is 0.763. The Morgan fingerprint density at radius 3 is 2.96 bits per heavy atom. The van der Waals surface area contributed by atoms with Gasteiger partial charge in [-0.05, 0) is 56.1 Å². The second kappa shape index (κ2) is 7.25. The third-order valence-corrected chi connectivity index (χ3v) is 4.96. The number of nitrogens with one attached hydrogen (secondary N) is 1. The zero-order valence-corrected chi connectivity index (χ0v) is 15.3. The molecule has 0 radical (unpaired) electrons. The van der Waals surface area contributed by atoms with E-state index in [0.717, 1.165) is 30.4 Å². The summed E-state index contributed by atoms with van der Waals surface area (Å²) in [4.78, 5) is 15.7. The molecule has 4 heterocycles. The summed E-state index contributed by atoms with van der Waals surface area (Å²) in [5.74, 6) is 1.67. The average Bonchev–Trinajstić information content (AvgIpc) is 3.25. The molecule has 6 nitrogen and oxygen atoms in total. The molecule has 0 saturated carbocycles. The Kier molecular flexibility index (Phi) is 4.67. The number of anilines is 2. The van der Waals surface area contributed by atoms with Crippen molar-refractivity contribution in [2.45, 2.75) is 32.4 Å². The van der Waals surface area contributed by atoms with Crippen molar-refractivity contribution in [1.29, 1.82) is 0 Å². The van der Waals surface area contributed by atoms with Crippen LogP contribution in [0, 0.1) is 6.92 Å². The van der Waals surface area contributed by atoms with E-state index in [1.165, 1.54) is 24.1 Å². The van der Waals surface area contributed by atoms with Gasteiger partial charge < -0.3 is 9.88 Å². The van der Waals surface area contributed by atoms with Gasteiger partial charge in [-0.2, -0.15) is 0 Å². The highest BCUT2D eigenvalue weighted by atomic mass is 15.2. The first kappa shape index (κ1) is 16.7. The van der Waals surface area contributed by atoms with Gasteiger partial charge in [-0.25, -0.2) is 15.0 Å². The summed E-state index contributed by atoms with van der Waals surface area (Å²) in [5.41, 5.74) is 3.53. The first-order valence-corrected chi connectivity index (χ1v) is 9.05. The Hall–Kier alpha value is -2.73. The van der Waals surface area contributed by atoms with Crippen LogP contribution < -0.4 is 5.32 Å². The molecule has 3 aromatic heterocycles. The van der Waals surface area contributed by atoms with Crippen LogP contribution >= 0.6 is 0 Å². The molecule has 1 N–H and O–H groups in total.